The number of fused-ring (bicyclic) bond motifs is 3. The molecule has 0 atom stereocenters. The van der Waals surface area contributed by atoms with E-state index in [4.69, 9.17) is 25.4 Å². The van der Waals surface area contributed by atoms with Crippen LogP contribution in [0, 0.1) is 0 Å². The minimum atomic E-state index is -0.278. The van der Waals surface area contributed by atoms with Crippen molar-refractivity contribution in [3.63, 3.8) is 0 Å². The number of nitrogens with one attached hydrogen (secondary N) is 1. The van der Waals surface area contributed by atoms with Gasteiger partial charge in [-0.15, -0.1) is 0 Å². The van der Waals surface area contributed by atoms with E-state index in [9.17, 15) is 4.79 Å². The molecule has 6 heteroatoms. The standard InChI is InChI=1S/C30H19ClN2O3/c31-22-11-8-20(9-12-22)26-16-13-24(35-26)14-17-28(34)32-23-6-3-5-21(18-23)30-33-29-25-7-2-1-4-19(25)10-15-27(29)36-30/h1-18H,(H,32,34)/b17-14+. The molecule has 0 aliphatic carbocycles. The molecular weight excluding hydrogens is 472 g/mol. The zero-order valence-electron chi connectivity index (χ0n) is 18.9. The van der Waals surface area contributed by atoms with E-state index in [0.29, 0.717) is 28.1 Å². The minimum Gasteiger partial charge on any atom is -0.457 e. The monoisotopic (exact) mass is 490 g/mol. The molecule has 0 aliphatic rings. The zero-order chi connectivity index (χ0) is 24.5. The number of nitrogens with zero attached hydrogens (tertiary/aromatic N) is 1. The molecule has 0 spiro atoms. The molecule has 36 heavy (non-hydrogen) atoms. The van der Waals surface area contributed by atoms with E-state index in [0.717, 1.165) is 33.0 Å². The Kier molecular flexibility index (Phi) is 5.60. The number of hydrogen-bond acceptors (Lipinski definition) is 4. The summed E-state index contributed by atoms with van der Waals surface area (Å²) >= 11 is 5.94. The lowest BCUT2D eigenvalue weighted by molar-refractivity contribution is -0.111. The fraction of sp³-hybridized carbons (Fsp3) is 0. The van der Waals surface area contributed by atoms with Crippen molar-refractivity contribution in [3.8, 4) is 22.8 Å². The van der Waals surface area contributed by atoms with Gasteiger partial charge < -0.3 is 14.2 Å². The molecule has 0 radical (unpaired) electrons. The van der Waals surface area contributed by atoms with Crippen LogP contribution in [0.2, 0.25) is 5.02 Å². The van der Waals surface area contributed by atoms with Gasteiger partial charge in [0, 0.05) is 33.3 Å². The Labute approximate surface area is 211 Å². The van der Waals surface area contributed by atoms with Crippen LogP contribution in [-0.2, 0) is 4.79 Å². The number of amides is 1. The summed E-state index contributed by atoms with van der Waals surface area (Å²) in [7, 11) is 0. The number of benzene rings is 4. The van der Waals surface area contributed by atoms with Crippen LogP contribution < -0.4 is 5.32 Å². The highest BCUT2D eigenvalue weighted by Crippen LogP contribution is 2.30. The quantitative estimate of drug-likeness (QED) is 0.247. The van der Waals surface area contributed by atoms with Crippen LogP contribution in [0.5, 0.6) is 0 Å². The second-order valence-corrected chi connectivity index (χ2v) is 8.70. The predicted molar refractivity (Wildman–Crippen MR) is 144 cm³/mol. The molecule has 5 nitrogen and oxygen atoms in total. The maximum Gasteiger partial charge on any atom is 0.248 e. The van der Waals surface area contributed by atoms with Crippen LogP contribution in [0.4, 0.5) is 5.69 Å². The van der Waals surface area contributed by atoms with Gasteiger partial charge in [-0.1, -0.05) is 48.0 Å². The van der Waals surface area contributed by atoms with E-state index < -0.39 is 0 Å². The fourth-order valence-electron chi connectivity index (χ4n) is 4.07. The van der Waals surface area contributed by atoms with Gasteiger partial charge in [-0.3, -0.25) is 4.79 Å². The summed E-state index contributed by atoms with van der Waals surface area (Å²) in [5.74, 6) is 1.49. The third-order valence-electron chi connectivity index (χ3n) is 5.82. The molecule has 2 heterocycles. The van der Waals surface area contributed by atoms with E-state index in [1.807, 2.05) is 84.9 Å². The Morgan fingerprint density at radius 3 is 2.58 bits per heavy atom. The Morgan fingerprint density at radius 2 is 1.69 bits per heavy atom. The van der Waals surface area contributed by atoms with Gasteiger partial charge in [0.2, 0.25) is 11.8 Å². The third kappa shape index (κ3) is 4.40. The number of hydrogen-bond donors (Lipinski definition) is 1. The van der Waals surface area contributed by atoms with Gasteiger partial charge >= 0.3 is 0 Å². The molecule has 1 amide bonds. The molecule has 0 unspecified atom stereocenters. The first-order chi connectivity index (χ1) is 17.6. The molecule has 2 aromatic heterocycles. The predicted octanol–water partition coefficient (Wildman–Crippen LogP) is 8.21. The van der Waals surface area contributed by atoms with Crippen LogP contribution in [0.1, 0.15) is 5.76 Å². The van der Waals surface area contributed by atoms with E-state index in [-0.39, 0.29) is 5.91 Å². The maximum absolute atomic E-state index is 12.5. The summed E-state index contributed by atoms with van der Waals surface area (Å²) in [6.07, 6.45) is 3.06. The van der Waals surface area contributed by atoms with Gasteiger partial charge in [0.05, 0.1) is 0 Å². The van der Waals surface area contributed by atoms with Gasteiger partial charge in [0.1, 0.15) is 17.0 Å². The van der Waals surface area contributed by atoms with Crippen molar-refractivity contribution in [2.75, 3.05) is 5.32 Å². The van der Waals surface area contributed by atoms with Crippen molar-refractivity contribution >= 4 is 51.1 Å². The van der Waals surface area contributed by atoms with Crippen molar-refractivity contribution in [1.82, 2.24) is 4.98 Å². The molecule has 174 valence electrons. The number of rotatable bonds is 5. The van der Waals surface area contributed by atoms with Gasteiger partial charge in [-0.25, -0.2) is 4.98 Å². The Morgan fingerprint density at radius 1 is 0.833 bits per heavy atom. The first-order valence-electron chi connectivity index (χ1n) is 11.4. The first-order valence-corrected chi connectivity index (χ1v) is 11.7. The van der Waals surface area contributed by atoms with E-state index in [2.05, 4.69) is 5.32 Å². The van der Waals surface area contributed by atoms with Crippen molar-refractivity contribution in [2.45, 2.75) is 0 Å². The molecular formula is C30H19ClN2O3. The summed E-state index contributed by atoms with van der Waals surface area (Å²) in [6, 6.07) is 30.5. The average Bonchev–Trinajstić information content (AvgIpc) is 3.56. The van der Waals surface area contributed by atoms with E-state index >= 15 is 0 Å². The molecule has 0 fully saturated rings. The van der Waals surface area contributed by atoms with Crippen molar-refractivity contribution in [3.05, 3.63) is 114 Å². The Bertz CT molecular complexity index is 1750. The molecule has 1 N–H and O–H groups in total. The van der Waals surface area contributed by atoms with Crippen LogP contribution in [0.15, 0.2) is 112 Å². The summed E-state index contributed by atoms with van der Waals surface area (Å²) in [5.41, 5.74) is 3.85. The summed E-state index contributed by atoms with van der Waals surface area (Å²) in [5, 5.41) is 5.69. The molecule has 0 aliphatic heterocycles. The topological polar surface area (TPSA) is 68.3 Å². The fourth-order valence-corrected chi connectivity index (χ4v) is 4.19. The molecule has 0 saturated carbocycles. The lowest BCUT2D eigenvalue weighted by Gasteiger charge is -2.03. The second kappa shape index (κ2) is 9.21. The number of anilines is 1. The molecule has 0 bridgehead atoms. The molecule has 6 rings (SSSR count). The number of carbonyl (C=O) groups excluding carboxylic acids is 1. The van der Waals surface area contributed by atoms with Crippen molar-refractivity contribution in [2.24, 2.45) is 0 Å². The second-order valence-electron chi connectivity index (χ2n) is 8.26. The van der Waals surface area contributed by atoms with Gasteiger partial charge in [0.15, 0.2) is 5.58 Å². The highest BCUT2D eigenvalue weighted by atomic mass is 35.5. The summed E-state index contributed by atoms with van der Waals surface area (Å²) < 4.78 is 11.8. The van der Waals surface area contributed by atoms with Gasteiger partial charge in [0.25, 0.3) is 0 Å². The Hall–Kier alpha value is -4.61. The molecule has 4 aromatic carbocycles. The Balaban J connectivity index is 1.19. The largest absolute Gasteiger partial charge is 0.457 e. The van der Waals surface area contributed by atoms with Crippen LogP contribution in [0.25, 0.3) is 50.7 Å². The highest BCUT2D eigenvalue weighted by Gasteiger charge is 2.12. The summed E-state index contributed by atoms with van der Waals surface area (Å²) in [4.78, 5) is 17.3. The zero-order valence-corrected chi connectivity index (χ0v) is 19.7. The smallest absolute Gasteiger partial charge is 0.248 e. The average molecular weight is 491 g/mol. The number of aromatic nitrogens is 1. The van der Waals surface area contributed by atoms with Gasteiger partial charge in [-0.2, -0.15) is 0 Å². The number of oxazole rings is 1. The normalized spacial score (nSPS) is 11.5. The first kappa shape index (κ1) is 21.9. The number of carbonyl (C=O) groups is 1. The minimum absolute atomic E-state index is 0.278. The van der Waals surface area contributed by atoms with Crippen molar-refractivity contribution < 1.29 is 13.6 Å². The lowest BCUT2D eigenvalue weighted by Crippen LogP contribution is -2.07. The molecule has 6 aromatic rings. The van der Waals surface area contributed by atoms with E-state index in [1.54, 1.807) is 18.2 Å². The van der Waals surface area contributed by atoms with Crippen LogP contribution in [-0.4, -0.2) is 10.9 Å². The highest BCUT2D eigenvalue weighted by molar-refractivity contribution is 6.30. The van der Waals surface area contributed by atoms with Gasteiger partial charge in [-0.05, 0) is 72.1 Å². The lowest BCUT2D eigenvalue weighted by atomic mass is 10.1. The number of furan rings is 1. The van der Waals surface area contributed by atoms with Crippen molar-refractivity contribution in [1.29, 1.82) is 0 Å². The maximum atomic E-state index is 12.5. The van der Waals surface area contributed by atoms with E-state index in [1.165, 1.54) is 6.08 Å². The summed E-state index contributed by atoms with van der Waals surface area (Å²) in [6.45, 7) is 0. The SMILES string of the molecule is O=C(/C=C/c1ccc(-c2ccc(Cl)cc2)o1)Nc1cccc(-c2nc3c(ccc4ccccc43)o2)c1. The number of halogens is 1. The third-order valence-corrected chi connectivity index (χ3v) is 6.07. The van der Waals surface area contributed by atoms with Crippen LogP contribution >= 0.6 is 11.6 Å². The van der Waals surface area contributed by atoms with Crippen LogP contribution in [0.3, 0.4) is 0 Å². The molecule has 0 saturated heterocycles.